The molecule has 2 aromatic heterocycles. The van der Waals surface area contributed by atoms with E-state index < -0.39 is 0 Å². The van der Waals surface area contributed by atoms with Crippen LogP contribution in [0.5, 0.6) is 0 Å². The van der Waals surface area contributed by atoms with Crippen molar-refractivity contribution >= 4 is 17.7 Å². The van der Waals surface area contributed by atoms with Crippen molar-refractivity contribution in [2.45, 2.75) is 25.0 Å². The number of methoxy groups -OCH3 is 1. The number of amides is 1. The van der Waals surface area contributed by atoms with Gasteiger partial charge in [-0.1, -0.05) is 11.8 Å². The van der Waals surface area contributed by atoms with Gasteiger partial charge in [-0.2, -0.15) is 0 Å². The standard InChI is InChI=1S/C15H21N5O2S/c1-3-20-14(12-5-8-16-9-6-12)18-19-15(20)23-11-13(21)17-7-4-10-22-2/h5-6,8-9H,3-4,7,10-11H2,1-2H3,(H,17,21). The minimum Gasteiger partial charge on any atom is -0.385 e. The Kier molecular flexibility index (Phi) is 7.02. The topological polar surface area (TPSA) is 81.9 Å². The Hall–Kier alpha value is -1.93. The van der Waals surface area contributed by atoms with Crippen molar-refractivity contribution < 1.29 is 9.53 Å². The summed E-state index contributed by atoms with van der Waals surface area (Å²) in [6.07, 6.45) is 4.26. The molecule has 2 heterocycles. The molecule has 0 aliphatic carbocycles. The molecule has 0 aliphatic heterocycles. The molecule has 1 N–H and O–H groups in total. The lowest BCUT2D eigenvalue weighted by Crippen LogP contribution is -2.27. The van der Waals surface area contributed by atoms with E-state index in [0.717, 1.165) is 29.5 Å². The maximum atomic E-state index is 11.8. The molecular weight excluding hydrogens is 314 g/mol. The molecule has 2 aromatic rings. The van der Waals surface area contributed by atoms with Crippen LogP contribution >= 0.6 is 11.8 Å². The van der Waals surface area contributed by atoms with Crippen LogP contribution in [0.4, 0.5) is 0 Å². The fourth-order valence-corrected chi connectivity index (χ4v) is 2.85. The number of hydrogen-bond donors (Lipinski definition) is 1. The number of aromatic nitrogens is 4. The van der Waals surface area contributed by atoms with Crippen LogP contribution in [0, 0.1) is 0 Å². The van der Waals surface area contributed by atoms with E-state index in [1.54, 1.807) is 19.5 Å². The zero-order valence-corrected chi connectivity index (χ0v) is 14.2. The Morgan fingerprint density at radius 2 is 2.13 bits per heavy atom. The first-order chi connectivity index (χ1) is 11.3. The van der Waals surface area contributed by atoms with Crippen LogP contribution in [0.1, 0.15) is 13.3 Å². The van der Waals surface area contributed by atoms with Crippen LogP contribution in [0.3, 0.4) is 0 Å². The Balaban J connectivity index is 1.93. The van der Waals surface area contributed by atoms with Gasteiger partial charge in [-0.05, 0) is 25.5 Å². The molecule has 0 fully saturated rings. The van der Waals surface area contributed by atoms with Crippen molar-refractivity contribution in [1.29, 1.82) is 0 Å². The predicted octanol–water partition coefficient (Wildman–Crippen LogP) is 1.60. The highest BCUT2D eigenvalue weighted by Gasteiger charge is 2.14. The second-order valence-electron chi connectivity index (χ2n) is 4.77. The van der Waals surface area contributed by atoms with Gasteiger partial charge in [0.1, 0.15) is 0 Å². The van der Waals surface area contributed by atoms with Gasteiger partial charge in [0.2, 0.25) is 5.91 Å². The van der Waals surface area contributed by atoms with Crippen LogP contribution in [0.15, 0.2) is 29.7 Å². The van der Waals surface area contributed by atoms with Crippen molar-refractivity contribution in [3.63, 3.8) is 0 Å². The Morgan fingerprint density at radius 1 is 1.35 bits per heavy atom. The molecule has 0 bridgehead atoms. The van der Waals surface area contributed by atoms with Crippen molar-refractivity contribution in [2.24, 2.45) is 0 Å². The smallest absolute Gasteiger partial charge is 0.230 e. The van der Waals surface area contributed by atoms with E-state index in [2.05, 4.69) is 20.5 Å². The number of nitrogens with zero attached hydrogens (tertiary/aromatic N) is 4. The van der Waals surface area contributed by atoms with E-state index >= 15 is 0 Å². The minimum atomic E-state index is -0.0118. The number of nitrogens with one attached hydrogen (secondary N) is 1. The summed E-state index contributed by atoms with van der Waals surface area (Å²) in [6.45, 7) is 4.04. The number of pyridine rings is 1. The third-order valence-electron chi connectivity index (χ3n) is 3.15. The van der Waals surface area contributed by atoms with E-state index in [0.29, 0.717) is 18.9 Å². The average molecular weight is 335 g/mol. The molecule has 8 heteroatoms. The maximum Gasteiger partial charge on any atom is 0.230 e. The van der Waals surface area contributed by atoms with Gasteiger partial charge in [0, 0.05) is 44.8 Å². The molecule has 124 valence electrons. The Labute approximate surface area is 139 Å². The van der Waals surface area contributed by atoms with Gasteiger partial charge in [0.15, 0.2) is 11.0 Å². The third-order valence-corrected chi connectivity index (χ3v) is 4.12. The summed E-state index contributed by atoms with van der Waals surface area (Å²) < 4.78 is 6.94. The largest absolute Gasteiger partial charge is 0.385 e. The summed E-state index contributed by atoms with van der Waals surface area (Å²) in [6, 6.07) is 3.79. The Morgan fingerprint density at radius 3 is 2.83 bits per heavy atom. The van der Waals surface area contributed by atoms with E-state index in [1.807, 2.05) is 23.6 Å². The fourth-order valence-electron chi connectivity index (χ4n) is 2.02. The minimum absolute atomic E-state index is 0.0118. The number of thioether (sulfide) groups is 1. The lowest BCUT2D eigenvalue weighted by Gasteiger charge is -2.07. The van der Waals surface area contributed by atoms with Gasteiger partial charge in [-0.15, -0.1) is 10.2 Å². The lowest BCUT2D eigenvalue weighted by molar-refractivity contribution is -0.118. The summed E-state index contributed by atoms with van der Waals surface area (Å²) in [5.74, 6) is 1.10. The van der Waals surface area contributed by atoms with Crippen molar-refractivity contribution in [3.05, 3.63) is 24.5 Å². The summed E-state index contributed by atoms with van der Waals surface area (Å²) in [5.41, 5.74) is 0.963. The molecule has 0 saturated heterocycles. The SMILES string of the molecule is CCn1c(SCC(=O)NCCCOC)nnc1-c1ccncc1. The molecule has 23 heavy (non-hydrogen) atoms. The normalized spacial score (nSPS) is 10.7. The molecule has 0 unspecified atom stereocenters. The first-order valence-electron chi connectivity index (χ1n) is 7.48. The second-order valence-corrected chi connectivity index (χ2v) is 5.71. The van der Waals surface area contributed by atoms with E-state index in [1.165, 1.54) is 11.8 Å². The highest BCUT2D eigenvalue weighted by molar-refractivity contribution is 7.99. The van der Waals surface area contributed by atoms with Gasteiger partial charge in [0.25, 0.3) is 0 Å². The van der Waals surface area contributed by atoms with Crippen LogP contribution in [0.2, 0.25) is 0 Å². The number of carbonyl (C=O) groups is 1. The quantitative estimate of drug-likeness (QED) is 0.554. The Bertz CT molecular complexity index is 618. The molecule has 0 radical (unpaired) electrons. The molecular formula is C15H21N5O2S. The molecule has 1 amide bonds. The van der Waals surface area contributed by atoms with Crippen molar-refractivity contribution in [1.82, 2.24) is 25.1 Å². The number of ether oxygens (including phenoxy) is 1. The molecule has 7 nitrogen and oxygen atoms in total. The zero-order chi connectivity index (χ0) is 16.5. The number of hydrogen-bond acceptors (Lipinski definition) is 6. The first-order valence-corrected chi connectivity index (χ1v) is 8.46. The molecule has 2 rings (SSSR count). The maximum absolute atomic E-state index is 11.8. The van der Waals surface area contributed by atoms with Crippen molar-refractivity contribution in [3.8, 4) is 11.4 Å². The van der Waals surface area contributed by atoms with Gasteiger partial charge < -0.3 is 14.6 Å². The van der Waals surface area contributed by atoms with Crippen LogP contribution < -0.4 is 5.32 Å². The van der Waals surface area contributed by atoms with Crippen molar-refractivity contribution in [2.75, 3.05) is 26.0 Å². The number of carbonyl (C=O) groups excluding carboxylic acids is 1. The second kappa shape index (κ2) is 9.26. The van der Waals surface area contributed by atoms with Crippen LogP contribution in [-0.2, 0) is 16.1 Å². The molecule has 0 aromatic carbocycles. The van der Waals surface area contributed by atoms with Gasteiger partial charge in [-0.25, -0.2) is 0 Å². The van der Waals surface area contributed by atoms with Crippen LogP contribution in [-0.4, -0.2) is 51.7 Å². The van der Waals surface area contributed by atoms with Crippen LogP contribution in [0.25, 0.3) is 11.4 Å². The monoisotopic (exact) mass is 335 g/mol. The predicted molar refractivity (Wildman–Crippen MR) is 89.2 cm³/mol. The molecule has 0 saturated carbocycles. The van der Waals surface area contributed by atoms with Gasteiger partial charge >= 0.3 is 0 Å². The fraction of sp³-hybridized carbons (Fsp3) is 0.467. The highest BCUT2D eigenvalue weighted by atomic mass is 32.2. The summed E-state index contributed by atoms with van der Waals surface area (Å²) in [5, 5.41) is 12.0. The number of rotatable bonds is 9. The highest BCUT2D eigenvalue weighted by Crippen LogP contribution is 2.23. The summed E-state index contributed by atoms with van der Waals surface area (Å²) in [4.78, 5) is 15.8. The van der Waals surface area contributed by atoms with Gasteiger partial charge in [0.05, 0.1) is 5.75 Å². The molecule has 0 spiro atoms. The van der Waals surface area contributed by atoms with E-state index in [4.69, 9.17) is 4.74 Å². The summed E-state index contributed by atoms with van der Waals surface area (Å²) >= 11 is 1.39. The summed E-state index contributed by atoms with van der Waals surface area (Å²) in [7, 11) is 1.65. The van der Waals surface area contributed by atoms with Gasteiger partial charge in [-0.3, -0.25) is 9.78 Å². The van der Waals surface area contributed by atoms with E-state index in [-0.39, 0.29) is 5.91 Å². The van der Waals surface area contributed by atoms with E-state index in [9.17, 15) is 4.79 Å². The molecule has 0 aliphatic rings. The first kappa shape index (κ1) is 17.4. The average Bonchev–Trinajstić information content (AvgIpc) is 3.00. The molecule has 0 atom stereocenters. The lowest BCUT2D eigenvalue weighted by atomic mass is 10.2. The third kappa shape index (κ3) is 5.04. The zero-order valence-electron chi connectivity index (χ0n) is 13.4.